The van der Waals surface area contributed by atoms with Gasteiger partial charge in [0.25, 0.3) is 0 Å². The van der Waals surface area contributed by atoms with E-state index in [0.29, 0.717) is 24.2 Å². The van der Waals surface area contributed by atoms with E-state index in [1.54, 1.807) is 0 Å². The van der Waals surface area contributed by atoms with Crippen LogP contribution in [0.4, 0.5) is 0 Å². The van der Waals surface area contributed by atoms with Crippen LogP contribution in [0.15, 0.2) is 11.6 Å². The molecule has 0 N–H and O–H groups in total. The third-order valence-electron chi connectivity index (χ3n) is 10.5. The van der Waals surface area contributed by atoms with Crippen LogP contribution in [-0.4, -0.2) is 19.1 Å². The quantitative estimate of drug-likeness (QED) is 0.236. The van der Waals surface area contributed by atoms with E-state index < -0.39 is 16.5 Å². The van der Waals surface area contributed by atoms with Gasteiger partial charge in [-0.1, -0.05) is 65.5 Å². The first-order chi connectivity index (χ1) is 14.9. The van der Waals surface area contributed by atoms with Crippen molar-refractivity contribution in [3.05, 3.63) is 11.6 Å². The molecule has 1 unspecified atom stereocenters. The van der Waals surface area contributed by atoms with Gasteiger partial charge in [0.1, 0.15) is 0 Å². The first kappa shape index (κ1) is 28.2. The van der Waals surface area contributed by atoms with Gasteiger partial charge in [0.05, 0.1) is 6.10 Å². The summed E-state index contributed by atoms with van der Waals surface area (Å²) in [5, 5.41) is 0. The second kappa shape index (κ2) is 10.5. The zero-order valence-electron chi connectivity index (χ0n) is 21.9. The summed E-state index contributed by atoms with van der Waals surface area (Å²) in [5.74, 6) is 4.78. The SMILES string of the molecule is CC(C)CCC[C@@H](C)[C@H]1CC[C@H]2C3CC=C4C[C@@H](OS(=O)(=O)[O-])CC[C@]4(C)[C@H]3CC[C@]12C.[Na+]. The van der Waals surface area contributed by atoms with E-state index in [1.807, 2.05) is 0 Å². The van der Waals surface area contributed by atoms with Crippen LogP contribution < -0.4 is 29.6 Å². The van der Waals surface area contributed by atoms with Crippen LogP contribution in [0.25, 0.3) is 0 Å². The van der Waals surface area contributed by atoms with Crippen molar-refractivity contribution in [1.82, 2.24) is 0 Å². The normalized spacial score (nSPS) is 41.4. The molecule has 0 heterocycles. The van der Waals surface area contributed by atoms with Gasteiger partial charge in [-0.15, -0.1) is 0 Å². The van der Waals surface area contributed by atoms with Gasteiger partial charge < -0.3 is 4.55 Å². The summed E-state index contributed by atoms with van der Waals surface area (Å²) in [5.41, 5.74) is 1.99. The van der Waals surface area contributed by atoms with Gasteiger partial charge in [0.2, 0.25) is 10.4 Å². The van der Waals surface area contributed by atoms with Gasteiger partial charge in [-0.25, -0.2) is 8.42 Å². The largest absolute Gasteiger partial charge is 1.00 e. The predicted molar refractivity (Wildman–Crippen MR) is 128 cm³/mol. The number of hydrogen-bond donors (Lipinski definition) is 0. The van der Waals surface area contributed by atoms with Crippen LogP contribution in [0.3, 0.4) is 0 Å². The topological polar surface area (TPSA) is 66.4 Å². The van der Waals surface area contributed by atoms with Crippen LogP contribution in [-0.2, 0) is 14.6 Å². The predicted octanol–water partition coefficient (Wildman–Crippen LogP) is 3.88. The molecule has 0 radical (unpaired) electrons. The van der Waals surface area contributed by atoms with Gasteiger partial charge in [0.15, 0.2) is 0 Å². The molecule has 4 nitrogen and oxygen atoms in total. The molecule has 3 fully saturated rings. The average Bonchev–Trinajstić information content (AvgIpc) is 3.04. The first-order valence-corrected chi connectivity index (χ1v) is 14.6. The molecule has 8 atom stereocenters. The van der Waals surface area contributed by atoms with Crippen LogP contribution in [0.2, 0.25) is 0 Å². The van der Waals surface area contributed by atoms with E-state index in [-0.39, 0.29) is 35.0 Å². The minimum atomic E-state index is -4.63. The van der Waals surface area contributed by atoms with Crippen molar-refractivity contribution in [3.8, 4) is 0 Å². The first-order valence-electron chi connectivity index (χ1n) is 13.3. The number of allylic oxidation sites excluding steroid dienone is 1. The Bertz CT molecular complexity index is 824. The van der Waals surface area contributed by atoms with Crippen molar-refractivity contribution in [2.24, 2.45) is 46.3 Å². The zero-order chi connectivity index (χ0) is 23.3. The smallest absolute Gasteiger partial charge is 0.726 e. The third-order valence-corrected chi connectivity index (χ3v) is 11.0. The summed E-state index contributed by atoms with van der Waals surface area (Å²) in [6.45, 7) is 12.2. The van der Waals surface area contributed by atoms with E-state index in [4.69, 9.17) is 4.18 Å². The molecule has 3 saturated carbocycles. The van der Waals surface area contributed by atoms with Crippen LogP contribution in [0, 0.1) is 46.3 Å². The molecule has 6 heteroatoms. The van der Waals surface area contributed by atoms with E-state index in [0.717, 1.165) is 42.4 Å². The molecule has 0 aromatic heterocycles. The van der Waals surface area contributed by atoms with E-state index in [9.17, 15) is 13.0 Å². The number of rotatable bonds is 7. The molecule has 4 aliphatic carbocycles. The summed E-state index contributed by atoms with van der Waals surface area (Å²) >= 11 is 0. The summed E-state index contributed by atoms with van der Waals surface area (Å²) in [7, 11) is -4.63. The molecule has 0 saturated heterocycles. The maximum atomic E-state index is 11.1. The molecule has 184 valence electrons. The molecule has 0 spiro atoms. The fraction of sp³-hybridized carbons (Fsp3) is 0.926. The minimum Gasteiger partial charge on any atom is -0.726 e. The van der Waals surface area contributed by atoms with Crippen molar-refractivity contribution < 1.29 is 46.7 Å². The molecule has 33 heavy (non-hydrogen) atoms. The van der Waals surface area contributed by atoms with Gasteiger partial charge in [-0.3, -0.25) is 4.18 Å². The molecule has 4 rings (SSSR count). The molecule has 0 bridgehead atoms. The molecule has 0 aromatic carbocycles. The van der Waals surface area contributed by atoms with Gasteiger partial charge in [-0.05, 0) is 97.7 Å². The monoisotopic (exact) mass is 488 g/mol. The summed E-state index contributed by atoms with van der Waals surface area (Å²) < 4.78 is 38.2. The fourth-order valence-corrected chi connectivity index (χ4v) is 9.40. The standard InChI is InChI=1S/C27H46O4S.Na/c1-18(2)7-6-8-19(3)23-11-12-24-22-10-9-20-17-21(31-32(28,29)30)13-15-26(20,4)25(22)14-16-27(23,24)5;/h9,18-19,21-25H,6-8,10-17H2,1-5H3,(H,28,29,30);/q;+1/p-1/t19-,21+,22?,23-,24+,25+,26+,27-;/m1./s1. The maximum absolute atomic E-state index is 11.1. The summed E-state index contributed by atoms with van der Waals surface area (Å²) in [6.07, 6.45) is 14.8. The van der Waals surface area contributed by atoms with E-state index in [1.165, 1.54) is 50.5 Å². The van der Waals surface area contributed by atoms with Crippen LogP contribution in [0.1, 0.15) is 105 Å². The third kappa shape index (κ3) is 5.64. The molecule has 4 aliphatic rings. The van der Waals surface area contributed by atoms with Crippen LogP contribution in [0.5, 0.6) is 0 Å². The number of hydrogen-bond acceptors (Lipinski definition) is 4. The van der Waals surface area contributed by atoms with Gasteiger partial charge in [0, 0.05) is 0 Å². The Morgan fingerprint density at radius 3 is 2.45 bits per heavy atom. The Balaban J connectivity index is 0.00000306. The molecule has 0 aromatic rings. The van der Waals surface area contributed by atoms with Crippen molar-refractivity contribution in [2.75, 3.05) is 0 Å². The number of fused-ring (bicyclic) bond motifs is 5. The molecular formula is C27H45NaO4S. The Morgan fingerprint density at radius 1 is 1.06 bits per heavy atom. The maximum Gasteiger partial charge on any atom is 1.00 e. The molecule has 0 amide bonds. The van der Waals surface area contributed by atoms with Gasteiger partial charge in [-0.2, -0.15) is 0 Å². The van der Waals surface area contributed by atoms with E-state index in [2.05, 4.69) is 40.7 Å². The van der Waals surface area contributed by atoms with Crippen LogP contribution >= 0.6 is 0 Å². The van der Waals surface area contributed by atoms with E-state index >= 15 is 0 Å². The van der Waals surface area contributed by atoms with Crippen molar-refractivity contribution in [1.29, 1.82) is 0 Å². The Kier molecular flexibility index (Phi) is 9.00. The summed E-state index contributed by atoms with van der Waals surface area (Å²) in [4.78, 5) is 0. The average molecular weight is 489 g/mol. The molecular weight excluding hydrogens is 443 g/mol. The summed E-state index contributed by atoms with van der Waals surface area (Å²) in [6, 6.07) is 0. The Hall–Kier alpha value is 0.610. The van der Waals surface area contributed by atoms with Crippen molar-refractivity contribution in [2.45, 2.75) is 111 Å². The second-order valence-electron chi connectivity index (χ2n) is 12.7. The minimum absolute atomic E-state index is 0. The Morgan fingerprint density at radius 2 is 1.79 bits per heavy atom. The van der Waals surface area contributed by atoms with Crippen molar-refractivity contribution in [3.63, 3.8) is 0 Å². The van der Waals surface area contributed by atoms with Crippen molar-refractivity contribution >= 4 is 10.4 Å². The second-order valence-corrected chi connectivity index (χ2v) is 13.7. The zero-order valence-corrected chi connectivity index (χ0v) is 24.8. The molecule has 0 aliphatic heterocycles. The van der Waals surface area contributed by atoms with Gasteiger partial charge >= 0.3 is 29.6 Å². The Labute approximate surface area is 225 Å². The fourth-order valence-electron chi connectivity index (χ4n) is 8.90.